The summed E-state index contributed by atoms with van der Waals surface area (Å²) in [7, 11) is 0. The first kappa shape index (κ1) is 16.3. The van der Waals surface area contributed by atoms with E-state index in [-0.39, 0.29) is 0 Å². The average Bonchev–Trinajstić information content (AvgIpc) is 2.95. The standard InChI is InChI=1S/C22H29N/c1-5-21-13-20(19-9-7-6-8-10-19)14-23(21)15-22-17(3)11-16(2)12-18(22)4/h5-11,18,20-21H,1,12-15H2,2-4H3. The second-order valence-electron chi connectivity index (χ2n) is 7.38. The molecule has 0 bridgehead atoms. The van der Waals surface area contributed by atoms with Crippen LogP contribution < -0.4 is 0 Å². The van der Waals surface area contributed by atoms with E-state index >= 15 is 0 Å². The van der Waals surface area contributed by atoms with Crippen LogP contribution in [-0.4, -0.2) is 24.0 Å². The number of benzene rings is 1. The normalized spacial score (nSPS) is 28.8. The number of rotatable bonds is 4. The number of hydrogen-bond acceptors (Lipinski definition) is 1. The predicted octanol–water partition coefficient (Wildman–Crippen LogP) is 5.33. The molecular formula is C22H29N. The molecule has 1 aromatic carbocycles. The Morgan fingerprint density at radius 1 is 1.22 bits per heavy atom. The van der Waals surface area contributed by atoms with Gasteiger partial charge in [0.05, 0.1) is 0 Å². The molecular weight excluding hydrogens is 278 g/mol. The molecule has 1 aliphatic carbocycles. The zero-order valence-electron chi connectivity index (χ0n) is 14.8. The van der Waals surface area contributed by atoms with Gasteiger partial charge in [0.25, 0.3) is 0 Å². The van der Waals surface area contributed by atoms with Gasteiger partial charge in [-0.05, 0) is 44.1 Å². The van der Waals surface area contributed by atoms with E-state index in [0.29, 0.717) is 17.9 Å². The fraction of sp³-hybridized carbons (Fsp3) is 0.455. The summed E-state index contributed by atoms with van der Waals surface area (Å²) in [5.74, 6) is 1.30. The number of likely N-dealkylation sites (tertiary alicyclic amines) is 1. The van der Waals surface area contributed by atoms with Gasteiger partial charge in [0.2, 0.25) is 0 Å². The van der Waals surface area contributed by atoms with Gasteiger partial charge in [0, 0.05) is 19.1 Å². The molecule has 0 aromatic heterocycles. The number of allylic oxidation sites excluding steroid dienone is 3. The predicted molar refractivity (Wildman–Crippen MR) is 99.6 cm³/mol. The van der Waals surface area contributed by atoms with E-state index in [2.05, 4.69) is 74.7 Å². The lowest BCUT2D eigenvalue weighted by molar-refractivity contribution is 0.301. The van der Waals surface area contributed by atoms with Crippen LogP contribution in [0.25, 0.3) is 0 Å². The van der Waals surface area contributed by atoms with E-state index in [4.69, 9.17) is 0 Å². The summed E-state index contributed by atoms with van der Waals surface area (Å²) in [6.45, 7) is 13.2. The first-order valence-corrected chi connectivity index (χ1v) is 8.87. The van der Waals surface area contributed by atoms with E-state index in [0.717, 1.165) is 13.1 Å². The lowest BCUT2D eigenvalue weighted by Crippen LogP contribution is -2.32. The van der Waals surface area contributed by atoms with Crippen molar-refractivity contribution in [3.8, 4) is 0 Å². The van der Waals surface area contributed by atoms with Crippen LogP contribution in [-0.2, 0) is 0 Å². The Bertz CT molecular complexity index is 623. The summed E-state index contributed by atoms with van der Waals surface area (Å²) in [4.78, 5) is 2.63. The maximum Gasteiger partial charge on any atom is 0.0285 e. The molecule has 2 aliphatic rings. The van der Waals surface area contributed by atoms with Gasteiger partial charge in [-0.15, -0.1) is 6.58 Å². The van der Waals surface area contributed by atoms with E-state index in [1.54, 1.807) is 5.57 Å². The third kappa shape index (κ3) is 3.50. The highest BCUT2D eigenvalue weighted by atomic mass is 15.2. The summed E-state index contributed by atoms with van der Waals surface area (Å²) in [5.41, 5.74) is 6.09. The van der Waals surface area contributed by atoms with E-state index in [9.17, 15) is 0 Å². The van der Waals surface area contributed by atoms with Crippen LogP contribution in [0.2, 0.25) is 0 Å². The highest BCUT2D eigenvalue weighted by molar-refractivity contribution is 5.34. The fourth-order valence-corrected chi connectivity index (χ4v) is 4.34. The molecule has 0 saturated carbocycles. The molecule has 1 nitrogen and oxygen atoms in total. The molecule has 0 radical (unpaired) electrons. The number of nitrogens with zero attached hydrogens (tertiary/aromatic N) is 1. The lowest BCUT2D eigenvalue weighted by Gasteiger charge is -2.30. The van der Waals surface area contributed by atoms with Gasteiger partial charge >= 0.3 is 0 Å². The maximum atomic E-state index is 4.09. The first-order chi connectivity index (χ1) is 11.1. The van der Waals surface area contributed by atoms with Crippen molar-refractivity contribution in [3.05, 3.63) is 71.3 Å². The molecule has 0 N–H and O–H groups in total. The Kier molecular flexibility index (Phi) is 4.87. The third-order valence-electron chi connectivity index (χ3n) is 5.56. The Labute approximate surface area is 141 Å². The molecule has 3 atom stereocenters. The smallest absolute Gasteiger partial charge is 0.0285 e. The van der Waals surface area contributed by atoms with Crippen molar-refractivity contribution in [1.82, 2.24) is 4.90 Å². The zero-order chi connectivity index (χ0) is 16.4. The molecule has 0 spiro atoms. The van der Waals surface area contributed by atoms with Crippen molar-refractivity contribution < 1.29 is 0 Å². The highest BCUT2D eigenvalue weighted by Crippen LogP contribution is 2.35. The summed E-state index contributed by atoms with van der Waals surface area (Å²) in [6.07, 6.45) is 6.93. The lowest BCUT2D eigenvalue weighted by atomic mass is 9.85. The largest absolute Gasteiger partial charge is 0.292 e. The van der Waals surface area contributed by atoms with Gasteiger partial charge in [-0.25, -0.2) is 0 Å². The molecule has 1 fully saturated rings. The van der Waals surface area contributed by atoms with Gasteiger partial charge in [-0.1, -0.05) is 66.1 Å². The molecule has 1 aromatic rings. The second-order valence-corrected chi connectivity index (χ2v) is 7.38. The van der Waals surface area contributed by atoms with Crippen LogP contribution in [0, 0.1) is 5.92 Å². The van der Waals surface area contributed by atoms with E-state index in [1.165, 1.54) is 29.6 Å². The van der Waals surface area contributed by atoms with E-state index < -0.39 is 0 Å². The van der Waals surface area contributed by atoms with Crippen LogP contribution in [0.5, 0.6) is 0 Å². The van der Waals surface area contributed by atoms with Gasteiger partial charge in [-0.3, -0.25) is 4.90 Å². The first-order valence-electron chi connectivity index (χ1n) is 8.87. The van der Waals surface area contributed by atoms with Crippen molar-refractivity contribution in [2.45, 2.75) is 45.6 Å². The topological polar surface area (TPSA) is 3.24 Å². The molecule has 122 valence electrons. The van der Waals surface area contributed by atoms with Crippen molar-refractivity contribution in [3.63, 3.8) is 0 Å². The molecule has 1 heteroatoms. The molecule has 1 saturated heterocycles. The summed E-state index contributed by atoms with van der Waals surface area (Å²) < 4.78 is 0. The minimum absolute atomic E-state index is 0.500. The molecule has 1 aliphatic heterocycles. The van der Waals surface area contributed by atoms with Crippen molar-refractivity contribution in [2.24, 2.45) is 5.92 Å². The zero-order valence-corrected chi connectivity index (χ0v) is 14.8. The summed E-state index contributed by atoms with van der Waals surface area (Å²) in [5, 5.41) is 0. The minimum Gasteiger partial charge on any atom is -0.292 e. The molecule has 3 rings (SSSR count). The molecule has 1 heterocycles. The van der Waals surface area contributed by atoms with Gasteiger partial charge in [-0.2, -0.15) is 0 Å². The van der Waals surface area contributed by atoms with Crippen molar-refractivity contribution in [1.29, 1.82) is 0 Å². The summed E-state index contributed by atoms with van der Waals surface area (Å²) in [6, 6.07) is 11.5. The average molecular weight is 307 g/mol. The second kappa shape index (κ2) is 6.88. The monoisotopic (exact) mass is 307 g/mol. The molecule has 0 amide bonds. The van der Waals surface area contributed by atoms with E-state index in [1.807, 2.05) is 0 Å². The van der Waals surface area contributed by atoms with Crippen LogP contribution in [0.4, 0.5) is 0 Å². The quantitative estimate of drug-likeness (QED) is 0.679. The molecule has 3 unspecified atom stereocenters. The summed E-state index contributed by atoms with van der Waals surface area (Å²) >= 11 is 0. The van der Waals surface area contributed by atoms with Gasteiger partial charge in [0.15, 0.2) is 0 Å². The number of hydrogen-bond donors (Lipinski definition) is 0. The van der Waals surface area contributed by atoms with Gasteiger partial charge < -0.3 is 0 Å². The Morgan fingerprint density at radius 3 is 2.61 bits per heavy atom. The third-order valence-corrected chi connectivity index (χ3v) is 5.56. The van der Waals surface area contributed by atoms with Crippen LogP contribution >= 0.6 is 0 Å². The Hall–Kier alpha value is -1.60. The van der Waals surface area contributed by atoms with Crippen LogP contribution in [0.1, 0.15) is 45.1 Å². The molecule has 23 heavy (non-hydrogen) atoms. The highest BCUT2D eigenvalue weighted by Gasteiger charge is 2.32. The van der Waals surface area contributed by atoms with Crippen molar-refractivity contribution in [2.75, 3.05) is 13.1 Å². The Balaban J connectivity index is 1.77. The Morgan fingerprint density at radius 2 is 1.96 bits per heavy atom. The van der Waals surface area contributed by atoms with Gasteiger partial charge in [0.1, 0.15) is 0 Å². The fourth-order valence-electron chi connectivity index (χ4n) is 4.34. The maximum absolute atomic E-state index is 4.09. The van der Waals surface area contributed by atoms with Crippen LogP contribution in [0.15, 0.2) is 65.8 Å². The van der Waals surface area contributed by atoms with Crippen molar-refractivity contribution >= 4 is 0 Å². The minimum atomic E-state index is 0.500. The van der Waals surface area contributed by atoms with Crippen LogP contribution in [0.3, 0.4) is 0 Å². The SMILES string of the molecule is C=CC1CC(c2ccccc2)CN1CC1=C(C)C=C(C)CC1C.